The van der Waals surface area contributed by atoms with Gasteiger partial charge in [-0.1, -0.05) is 0 Å². The van der Waals surface area contributed by atoms with Crippen LogP contribution >= 0.6 is 15.9 Å². The highest BCUT2D eigenvalue weighted by molar-refractivity contribution is 9.10. The van der Waals surface area contributed by atoms with Crippen LogP contribution in [-0.4, -0.2) is 30.9 Å². The number of rotatable bonds is 3. The normalized spacial score (nSPS) is 12.1. The molecule has 0 aliphatic carbocycles. The van der Waals surface area contributed by atoms with E-state index < -0.39 is 6.04 Å². The number of carbonyl (C=O) groups excluding carboxylic acids is 1. The molecule has 1 amide bonds. The molecular formula is C11H14BrFN2O. The van der Waals surface area contributed by atoms with Crippen LogP contribution in [0.4, 0.5) is 10.1 Å². The molecule has 1 N–H and O–H groups in total. The van der Waals surface area contributed by atoms with Crippen molar-refractivity contribution in [3.8, 4) is 0 Å². The van der Waals surface area contributed by atoms with Gasteiger partial charge in [-0.25, -0.2) is 4.39 Å². The molecule has 0 aromatic heterocycles. The topological polar surface area (TPSA) is 32.3 Å². The maximum Gasteiger partial charge on any atom is 0.244 e. The van der Waals surface area contributed by atoms with Crippen LogP contribution in [0.3, 0.4) is 0 Å². The molecule has 16 heavy (non-hydrogen) atoms. The van der Waals surface area contributed by atoms with E-state index in [1.807, 2.05) is 0 Å². The first-order valence-electron chi connectivity index (χ1n) is 4.84. The van der Waals surface area contributed by atoms with Crippen molar-refractivity contribution in [3.63, 3.8) is 0 Å². The van der Waals surface area contributed by atoms with Gasteiger partial charge in [-0.05, 0) is 41.1 Å². The minimum atomic E-state index is -0.395. The second-order valence-electron chi connectivity index (χ2n) is 3.72. The van der Waals surface area contributed by atoms with E-state index in [2.05, 4.69) is 21.2 Å². The van der Waals surface area contributed by atoms with Crippen molar-refractivity contribution in [2.75, 3.05) is 19.4 Å². The Bertz CT molecular complexity index is 396. The Hall–Kier alpha value is -1.10. The first-order chi connectivity index (χ1) is 7.41. The van der Waals surface area contributed by atoms with Crippen LogP contribution in [0.1, 0.15) is 6.92 Å². The molecule has 0 saturated heterocycles. The summed E-state index contributed by atoms with van der Waals surface area (Å²) in [7, 11) is 3.36. The van der Waals surface area contributed by atoms with Gasteiger partial charge in [0.2, 0.25) is 5.91 Å². The molecule has 1 rings (SSSR count). The molecule has 3 nitrogen and oxygen atoms in total. The Labute approximate surface area is 103 Å². The lowest BCUT2D eigenvalue weighted by Gasteiger charge is -2.19. The fourth-order valence-corrected chi connectivity index (χ4v) is 1.65. The van der Waals surface area contributed by atoms with Gasteiger partial charge >= 0.3 is 0 Å². The zero-order chi connectivity index (χ0) is 12.3. The van der Waals surface area contributed by atoms with E-state index in [1.165, 1.54) is 17.0 Å². The minimum Gasteiger partial charge on any atom is -0.373 e. The number of benzene rings is 1. The lowest BCUT2D eigenvalue weighted by molar-refractivity contribution is -0.129. The molecular weight excluding hydrogens is 275 g/mol. The molecule has 1 aromatic carbocycles. The fraction of sp³-hybridized carbons (Fsp3) is 0.364. The summed E-state index contributed by atoms with van der Waals surface area (Å²) in [5.41, 5.74) is 0.572. The van der Waals surface area contributed by atoms with Gasteiger partial charge in [0, 0.05) is 18.6 Å². The molecule has 0 saturated carbocycles. The standard InChI is InChI=1S/C11H14BrFN2O/c1-7(11(16)15(2)3)14-10-6-8(13)4-5-9(10)12/h4-7,14H,1-3H3. The maximum absolute atomic E-state index is 13.0. The van der Waals surface area contributed by atoms with Crippen molar-refractivity contribution in [2.45, 2.75) is 13.0 Å². The molecule has 1 atom stereocenters. The summed E-state index contributed by atoms with van der Waals surface area (Å²) >= 11 is 3.29. The third-order valence-corrected chi connectivity index (χ3v) is 2.80. The van der Waals surface area contributed by atoms with Gasteiger partial charge in [0.15, 0.2) is 0 Å². The number of halogens is 2. The van der Waals surface area contributed by atoms with E-state index >= 15 is 0 Å². The lowest BCUT2D eigenvalue weighted by atomic mass is 10.2. The largest absolute Gasteiger partial charge is 0.373 e. The van der Waals surface area contributed by atoms with Crippen LogP contribution in [0.2, 0.25) is 0 Å². The van der Waals surface area contributed by atoms with E-state index in [0.717, 1.165) is 4.47 Å². The van der Waals surface area contributed by atoms with Crippen LogP contribution in [-0.2, 0) is 4.79 Å². The van der Waals surface area contributed by atoms with Gasteiger partial charge in [-0.3, -0.25) is 4.79 Å². The number of carbonyl (C=O) groups is 1. The molecule has 0 bridgehead atoms. The zero-order valence-electron chi connectivity index (χ0n) is 9.42. The van der Waals surface area contributed by atoms with Crippen LogP contribution in [0.5, 0.6) is 0 Å². The Kier molecular flexibility index (Phi) is 4.29. The van der Waals surface area contributed by atoms with Crippen LogP contribution < -0.4 is 5.32 Å². The van der Waals surface area contributed by atoms with Crippen molar-refractivity contribution in [3.05, 3.63) is 28.5 Å². The molecule has 0 fully saturated rings. The first-order valence-corrected chi connectivity index (χ1v) is 5.64. The summed E-state index contributed by atoms with van der Waals surface area (Å²) in [6, 6.07) is 3.91. The Morgan fingerprint density at radius 1 is 1.50 bits per heavy atom. The van der Waals surface area contributed by atoms with Gasteiger partial charge in [0.1, 0.15) is 11.9 Å². The summed E-state index contributed by atoms with van der Waals surface area (Å²) in [4.78, 5) is 13.1. The molecule has 0 aliphatic rings. The number of nitrogens with one attached hydrogen (secondary N) is 1. The number of nitrogens with zero attached hydrogens (tertiary/aromatic N) is 1. The average Bonchev–Trinajstić information content (AvgIpc) is 2.22. The van der Waals surface area contributed by atoms with Gasteiger partial charge in [0.25, 0.3) is 0 Å². The SMILES string of the molecule is CC(Nc1cc(F)ccc1Br)C(=O)N(C)C. The lowest BCUT2D eigenvalue weighted by Crippen LogP contribution is -2.36. The van der Waals surface area contributed by atoms with Gasteiger partial charge in [0.05, 0.1) is 5.69 Å². The Morgan fingerprint density at radius 3 is 2.69 bits per heavy atom. The Morgan fingerprint density at radius 2 is 2.12 bits per heavy atom. The predicted molar refractivity (Wildman–Crippen MR) is 65.9 cm³/mol. The number of hydrogen-bond acceptors (Lipinski definition) is 2. The maximum atomic E-state index is 13.0. The number of anilines is 1. The summed E-state index contributed by atoms with van der Waals surface area (Å²) in [6.07, 6.45) is 0. The molecule has 0 spiro atoms. The summed E-state index contributed by atoms with van der Waals surface area (Å²) in [5.74, 6) is -0.397. The quantitative estimate of drug-likeness (QED) is 0.927. The first kappa shape index (κ1) is 13.0. The van der Waals surface area contributed by atoms with E-state index in [-0.39, 0.29) is 11.7 Å². The number of likely N-dealkylation sites (N-methyl/N-ethyl adjacent to an activating group) is 1. The van der Waals surface area contributed by atoms with Crippen LogP contribution in [0.15, 0.2) is 22.7 Å². The molecule has 0 heterocycles. The van der Waals surface area contributed by atoms with Crippen molar-refractivity contribution in [2.24, 2.45) is 0 Å². The van der Waals surface area contributed by atoms with E-state index in [0.29, 0.717) is 5.69 Å². The third kappa shape index (κ3) is 3.20. The second kappa shape index (κ2) is 5.30. The smallest absolute Gasteiger partial charge is 0.244 e. The zero-order valence-corrected chi connectivity index (χ0v) is 11.0. The molecule has 1 unspecified atom stereocenters. The van der Waals surface area contributed by atoms with Gasteiger partial charge < -0.3 is 10.2 Å². The summed E-state index contributed by atoms with van der Waals surface area (Å²) in [6.45, 7) is 1.74. The van der Waals surface area contributed by atoms with Crippen molar-refractivity contribution in [1.29, 1.82) is 0 Å². The highest BCUT2D eigenvalue weighted by Crippen LogP contribution is 2.23. The third-order valence-electron chi connectivity index (χ3n) is 2.11. The van der Waals surface area contributed by atoms with Crippen LogP contribution in [0.25, 0.3) is 0 Å². The highest BCUT2D eigenvalue weighted by Gasteiger charge is 2.15. The summed E-state index contributed by atoms with van der Waals surface area (Å²) in [5, 5.41) is 2.95. The molecule has 1 aromatic rings. The van der Waals surface area contributed by atoms with Gasteiger partial charge in [-0.15, -0.1) is 0 Å². The fourth-order valence-electron chi connectivity index (χ4n) is 1.29. The predicted octanol–water partition coefficient (Wildman–Crippen LogP) is 2.48. The van der Waals surface area contributed by atoms with Crippen molar-refractivity contribution >= 4 is 27.5 Å². The molecule has 88 valence electrons. The number of amides is 1. The highest BCUT2D eigenvalue weighted by atomic mass is 79.9. The van der Waals surface area contributed by atoms with E-state index in [9.17, 15) is 9.18 Å². The Balaban J connectivity index is 2.80. The van der Waals surface area contributed by atoms with Crippen molar-refractivity contribution in [1.82, 2.24) is 4.90 Å². The van der Waals surface area contributed by atoms with E-state index in [4.69, 9.17) is 0 Å². The molecule has 0 aliphatic heterocycles. The minimum absolute atomic E-state index is 0.0591. The second-order valence-corrected chi connectivity index (χ2v) is 4.58. The van der Waals surface area contributed by atoms with E-state index in [1.54, 1.807) is 27.1 Å². The van der Waals surface area contributed by atoms with Gasteiger partial charge in [-0.2, -0.15) is 0 Å². The average molecular weight is 289 g/mol. The molecule has 5 heteroatoms. The number of hydrogen-bond donors (Lipinski definition) is 1. The molecule has 0 radical (unpaired) electrons. The summed E-state index contributed by atoms with van der Waals surface area (Å²) < 4.78 is 13.7. The monoisotopic (exact) mass is 288 g/mol. The van der Waals surface area contributed by atoms with Crippen molar-refractivity contribution < 1.29 is 9.18 Å². The van der Waals surface area contributed by atoms with Crippen LogP contribution in [0, 0.1) is 5.82 Å².